The maximum absolute atomic E-state index is 6.06. The van der Waals surface area contributed by atoms with Crippen molar-refractivity contribution in [3.63, 3.8) is 0 Å². The van der Waals surface area contributed by atoms with Crippen molar-refractivity contribution in [2.45, 2.75) is 26.2 Å². The lowest BCUT2D eigenvalue weighted by Gasteiger charge is -2.04. The largest absolute Gasteiger partial charge is 0.344 e. The van der Waals surface area contributed by atoms with Gasteiger partial charge in [-0.3, -0.25) is 0 Å². The molecule has 2 heterocycles. The van der Waals surface area contributed by atoms with E-state index in [1.54, 1.807) is 0 Å². The van der Waals surface area contributed by atoms with Crippen molar-refractivity contribution in [1.82, 2.24) is 9.97 Å². The van der Waals surface area contributed by atoms with Crippen LogP contribution >= 0.6 is 23.2 Å². The van der Waals surface area contributed by atoms with Crippen LogP contribution in [0.15, 0.2) is 24.3 Å². The first kappa shape index (κ1) is 12.8. The van der Waals surface area contributed by atoms with E-state index in [0.717, 1.165) is 17.6 Å². The molecule has 0 radical (unpaired) electrons. The Bertz CT molecular complexity index is 703. The van der Waals surface area contributed by atoms with Gasteiger partial charge in [0.1, 0.15) is 10.3 Å². The van der Waals surface area contributed by atoms with Gasteiger partial charge in [0, 0.05) is 10.9 Å². The van der Waals surface area contributed by atoms with Crippen molar-refractivity contribution >= 4 is 34.1 Å². The second kappa shape index (κ2) is 5.03. The van der Waals surface area contributed by atoms with E-state index >= 15 is 0 Å². The molecule has 0 saturated heterocycles. The van der Waals surface area contributed by atoms with E-state index in [9.17, 15) is 0 Å². The van der Waals surface area contributed by atoms with Crippen molar-refractivity contribution in [3.05, 3.63) is 40.1 Å². The number of aromatic nitrogens is 2. The van der Waals surface area contributed by atoms with Gasteiger partial charge in [-0.2, -0.15) is 0 Å². The molecule has 2 aliphatic rings. The molecule has 0 aromatic carbocycles. The van der Waals surface area contributed by atoms with Crippen molar-refractivity contribution in [1.29, 1.82) is 0 Å². The van der Waals surface area contributed by atoms with E-state index in [0.29, 0.717) is 10.3 Å². The Labute approximate surface area is 122 Å². The molecule has 0 atom stereocenters. The van der Waals surface area contributed by atoms with E-state index < -0.39 is 0 Å². The van der Waals surface area contributed by atoms with E-state index in [2.05, 4.69) is 29.0 Å². The van der Waals surface area contributed by atoms with Crippen molar-refractivity contribution in [2.75, 3.05) is 0 Å². The minimum atomic E-state index is 0.509. The second-order valence-electron chi connectivity index (χ2n) is 4.71. The number of H-pyrrole nitrogens is 1. The molecule has 98 valence electrons. The lowest BCUT2D eigenvalue weighted by molar-refractivity contribution is 0.800. The van der Waals surface area contributed by atoms with Crippen LogP contribution < -0.4 is 0 Å². The normalized spacial score (nSPS) is 11.5. The average Bonchev–Trinajstić information content (AvgIpc) is 2.69. The number of halogens is 2. The molecule has 4 heteroatoms. The lowest BCUT2D eigenvalue weighted by atomic mass is 10.0. The van der Waals surface area contributed by atoms with Crippen LogP contribution in [0.5, 0.6) is 0 Å². The maximum Gasteiger partial charge on any atom is 0.129 e. The predicted octanol–water partition coefficient (Wildman–Crippen LogP) is 5.32. The number of hydrogen-bond donors (Lipinski definition) is 1. The number of nitrogens with zero attached hydrogens (tertiary/aromatic N) is 1. The van der Waals surface area contributed by atoms with Crippen LogP contribution in [-0.4, -0.2) is 9.97 Å². The quantitative estimate of drug-likeness (QED) is 0.651. The highest BCUT2D eigenvalue weighted by atomic mass is 35.5. The van der Waals surface area contributed by atoms with Gasteiger partial charge < -0.3 is 4.98 Å². The molecule has 0 fully saturated rings. The Kier molecular flexibility index (Phi) is 3.38. The van der Waals surface area contributed by atoms with Gasteiger partial charge in [0.2, 0.25) is 0 Å². The average molecular weight is 293 g/mol. The van der Waals surface area contributed by atoms with Crippen molar-refractivity contribution in [3.8, 4) is 11.3 Å². The van der Waals surface area contributed by atoms with Gasteiger partial charge in [0.05, 0.1) is 11.2 Å². The molecule has 2 nitrogen and oxygen atoms in total. The maximum atomic E-state index is 6.06. The van der Waals surface area contributed by atoms with Gasteiger partial charge >= 0.3 is 0 Å². The van der Waals surface area contributed by atoms with Crippen molar-refractivity contribution < 1.29 is 0 Å². The summed E-state index contributed by atoms with van der Waals surface area (Å²) in [6, 6.07) is 7.85. The third-order valence-corrected chi connectivity index (χ3v) is 3.87. The Morgan fingerprint density at radius 1 is 1.16 bits per heavy atom. The van der Waals surface area contributed by atoms with Gasteiger partial charge in [0.25, 0.3) is 0 Å². The molecule has 0 amide bonds. The SMILES string of the molecule is CCCCc1c2ccc(Cl)[nH]c-2c2nc(Cl)ccc12. The molecule has 0 unspecified atom stereocenters. The summed E-state index contributed by atoms with van der Waals surface area (Å²) in [5.74, 6) is 0. The number of fused-ring (bicyclic) bond motifs is 3. The number of unbranched alkanes of at least 4 members (excludes halogenated alkanes) is 1. The van der Waals surface area contributed by atoms with Crippen LogP contribution in [0, 0.1) is 0 Å². The summed E-state index contributed by atoms with van der Waals surface area (Å²) in [6.07, 6.45) is 3.39. The van der Waals surface area contributed by atoms with Crippen LogP contribution in [0.25, 0.3) is 22.2 Å². The number of rotatable bonds is 3. The van der Waals surface area contributed by atoms with E-state index in [4.69, 9.17) is 23.2 Å². The molecular formula is C15H14Cl2N2. The lowest BCUT2D eigenvalue weighted by Crippen LogP contribution is -1.87. The molecule has 19 heavy (non-hydrogen) atoms. The summed E-state index contributed by atoms with van der Waals surface area (Å²) in [6.45, 7) is 2.20. The summed E-state index contributed by atoms with van der Waals surface area (Å²) in [7, 11) is 0. The van der Waals surface area contributed by atoms with Gasteiger partial charge in [0.15, 0.2) is 0 Å². The Hall–Kier alpha value is -1.25. The fraction of sp³-hybridized carbons (Fsp3) is 0.267. The Balaban J connectivity index is 2.32. The van der Waals surface area contributed by atoms with Crippen LogP contribution in [0.2, 0.25) is 10.3 Å². The minimum absolute atomic E-state index is 0.509. The first-order chi connectivity index (χ1) is 9.20. The molecule has 0 saturated carbocycles. The summed E-state index contributed by atoms with van der Waals surface area (Å²) in [5.41, 5.74) is 4.43. The minimum Gasteiger partial charge on any atom is -0.344 e. The molecular weight excluding hydrogens is 279 g/mol. The summed E-state index contributed by atoms with van der Waals surface area (Å²) in [5, 5.41) is 2.30. The summed E-state index contributed by atoms with van der Waals surface area (Å²) < 4.78 is 0. The smallest absolute Gasteiger partial charge is 0.129 e. The topological polar surface area (TPSA) is 28.7 Å². The fourth-order valence-corrected chi connectivity index (χ4v) is 2.85. The molecule has 1 aliphatic carbocycles. The van der Waals surface area contributed by atoms with Crippen LogP contribution in [-0.2, 0) is 6.42 Å². The van der Waals surface area contributed by atoms with E-state index in [-0.39, 0.29) is 0 Å². The summed E-state index contributed by atoms with van der Waals surface area (Å²) >= 11 is 12.1. The third kappa shape index (κ3) is 2.19. The summed E-state index contributed by atoms with van der Waals surface area (Å²) in [4.78, 5) is 7.65. The Morgan fingerprint density at radius 3 is 2.79 bits per heavy atom. The first-order valence-electron chi connectivity index (χ1n) is 6.46. The molecule has 1 aliphatic heterocycles. The number of pyridine rings is 2. The standard InChI is InChI=1S/C15H14Cl2N2/c1-2-3-4-9-10-5-7-12(16)18-14(10)15-11(9)6-8-13(17)19-15/h5-8,18H,2-4H2,1H3. The highest BCUT2D eigenvalue weighted by Gasteiger charge is 2.19. The Morgan fingerprint density at radius 2 is 2.00 bits per heavy atom. The molecule has 3 rings (SSSR count). The number of hydrogen-bond acceptors (Lipinski definition) is 1. The zero-order valence-electron chi connectivity index (χ0n) is 10.6. The first-order valence-corrected chi connectivity index (χ1v) is 7.21. The second-order valence-corrected chi connectivity index (χ2v) is 5.50. The number of nitrogens with one attached hydrogen (secondary N) is 1. The van der Waals surface area contributed by atoms with Gasteiger partial charge in [-0.1, -0.05) is 36.5 Å². The van der Waals surface area contributed by atoms with Crippen LogP contribution in [0.1, 0.15) is 25.3 Å². The molecule has 1 N–H and O–H groups in total. The van der Waals surface area contributed by atoms with Crippen molar-refractivity contribution in [2.24, 2.45) is 0 Å². The predicted molar refractivity (Wildman–Crippen MR) is 81.3 cm³/mol. The number of aryl methyl sites for hydroxylation is 1. The van der Waals surface area contributed by atoms with E-state index in [1.807, 2.05) is 12.1 Å². The highest BCUT2D eigenvalue weighted by molar-refractivity contribution is 6.30. The number of aromatic amines is 1. The molecule has 0 bridgehead atoms. The third-order valence-electron chi connectivity index (χ3n) is 3.44. The molecule has 0 spiro atoms. The molecule has 1 aromatic heterocycles. The monoisotopic (exact) mass is 292 g/mol. The fourth-order valence-electron chi connectivity index (χ4n) is 2.54. The zero-order chi connectivity index (χ0) is 13.4. The van der Waals surface area contributed by atoms with E-state index in [1.165, 1.54) is 29.4 Å². The highest BCUT2D eigenvalue weighted by Crippen LogP contribution is 2.38. The van der Waals surface area contributed by atoms with Crippen LogP contribution in [0.4, 0.5) is 0 Å². The van der Waals surface area contributed by atoms with Gasteiger partial charge in [-0.25, -0.2) is 4.98 Å². The molecule has 1 aromatic rings. The van der Waals surface area contributed by atoms with Gasteiger partial charge in [-0.05, 0) is 42.7 Å². The van der Waals surface area contributed by atoms with Crippen LogP contribution in [0.3, 0.4) is 0 Å². The zero-order valence-corrected chi connectivity index (χ0v) is 12.1. The van der Waals surface area contributed by atoms with Gasteiger partial charge in [-0.15, -0.1) is 0 Å².